The van der Waals surface area contributed by atoms with Gasteiger partial charge in [-0.05, 0) is 6.92 Å². The molecule has 0 spiro atoms. The van der Waals surface area contributed by atoms with Gasteiger partial charge in [0.05, 0.1) is 0 Å². The Hall–Kier alpha value is -1.02. The van der Waals surface area contributed by atoms with Crippen molar-refractivity contribution in [3.8, 4) is 11.8 Å². The van der Waals surface area contributed by atoms with Gasteiger partial charge in [0.1, 0.15) is 5.25 Å². The fraction of sp³-hybridized carbons (Fsp3) is 0.500. The Bertz CT molecular complexity index is 303. The molecule has 0 aliphatic carbocycles. The number of carbonyl (C=O) groups is 1. The Morgan fingerprint density at radius 1 is 1.55 bits per heavy atom. The molecular weight excluding hydrogens is 168 g/mol. The summed E-state index contributed by atoms with van der Waals surface area (Å²) in [7, 11) is -3.24. The van der Waals surface area contributed by atoms with Crippen LogP contribution in [0.3, 0.4) is 0 Å². The molecule has 4 nitrogen and oxygen atoms in total. The zero-order valence-corrected chi connectivity index (χ0v) is 6.97. The minimum atomic E-state index is -3.24. The molecule has 0 aliphatic heterocycles. The highest BCUT2D eigenvalue weighted by Gasteiger charge is 2.10. The first-order chi connectivity index (χ1) is 4.84. The van der Waals surface area contributed by atoms with Gasteiger partial charge < -0.3 is 5.11 Å². The maximum Gasteiger partial charge on any atom is 0.381 e. The van der Waals surface area contributed by atoms with E-state index in [2.05, 4.69) is 5.92 Å². The molecule has 0 aromatic heterocycles. The van der Waals surface area contributed by atoms with E-state index in [4.69, 9.17) is 5.11 Å². The SMILES string of the molecule is CC(C#CC(=O)O)S(C)(=O)=O. The van der Waals surface area contributed by atoms with Crippen LogP contribution < -0.4 is 0 Å². The second kappa shape index (κ2) is 3.39. The highest BCUT2D eigenvalue weighted by Crippen LogP contribution is 1.94. The van der Waals surface area contributed by atoms with Crippen molar-refractivity contribution in [1.29, 1.82) is 0 Å². The number of rotatable bonds is 1. The van der Waals surface area contributed by atoms with Crippen molar-refractivity contribution < 1.29 is 18.3 Å². The minimum absolute atomic E-state index is 0.918. The van der Waals surface area contributed by atoms with Gasteiger partial charge in [0.2, 0.25) is 0 Å². The molecule has 0 saturated heterocycles. The Morgan fingerprint density at radius 2 is 2.00 bits per heavy atom. The van der Waals surface area contributed by atoms with E-state index >= 15 is 0 Å². The predicted octanol–water partition coefficient (Wildman–Crippen LogP) is -0.492. The van der Waals surface area contributed by atoms with E-state index in [1.165, 1.54) is 6.92 Å². The largest absolute Gasteiger partial charge is 0.472 e. The van der Waals surface area contributed by atoms with Crippen LogP contribution in [-0.2, 0) is 14.6 Å². The molecule has 0 heterocycles. The van der Waals surface area contributed by atoms with Crippen LogP contribution in [0.5, 0.6) is 0 Å². The summed E-state index contributed by atoms with van der Waals surface area (Å²) in [5.74, 6) is 2.50. The van der Waals surface area contributed by atoms with Crippen molar-refractivity contribution in [2.24, 2.45) is 0 Å². The first-order valence-corrected chi connectivity index (χ1v) is 4.73. The van der Waals surface area contributed by atoms with Crippen LogP contribution in [0.1, 0.15) is 6.92 Å². The van der Waals surface area contributed by atoms with E-state index in [0.29, 0.717) is 0 Å². The number of hydrogen-bond acceptors (Lipinski definition) is 3. The maximum absolute atomic E-state index is 10.6. The van der Waals surface area contributed by atoms with E-state index in [0.717, 1.165) is 6.26 Å². The van der Waals surface area contributed by atoms with Crippen LogP contribution in [0.15, 0.2) is 0 Å². The molecule has 1 N–H and O–H groups in total. The fourth-order valence-electron chi connectivity index (χ4n) is 0.270. The molecule has 0 aliphatic rings. The van der Waals surface area contributed by atoms with Gasteiger partial charge in [0, 0.05) is 12.2 Å². The zero-order chi connectivity index (χ0) is 9.07. The lowest BCUT2D eigenvalue weighted by Crippen LogP contribution is -2.13. The van der Waals surface area contributed by atoms with Crippen LogP contribution in [0.25, 0.3) is 0 Å². The number of carboxylic acids is 1. The van der Waals surface area contributed by atoms with E-state index in [1.54, 1.807) is 5.92 Å². The van der Waals surface area contributed by atoms with Crippen LogP contribution in [0, 0.1) is 11.8 Å². The molecule has 0 amide bonds. The topological polar surface area (TPSA) is 71.4 Å². The molecule has 0 aromatic rings. The Morgan fingerprint density at radius 3 is 2.27 bits per heavy atom. The van der Waals surface area contributed by atoms with Crippen LogP contribution in [0.2, 0.25) is 0 Å². The second-order valence-electron chi connectivity index (χ2n) is 2.05. The van der Waals surface area contributed by atoms with Crippen LogP contribution >= 0.6 is 0 Å². The van der Waals surface area contributed by atoms with Gasteiger partial charge in [-0.15, -0.1) is 0 Å². The average Bonchev–Trinajstić information content (AvgIpc) is 1.80. The Labute approximate surface area is 65.1 Å². The third-order valence-electron chi connectivity index (χ3n) is 1.02. The van der Waals surface area contributed by atoms with Crippen molar-refractivity contribution in [3.63, 3.8) is 0 Å². The van der Waals surface area contributed by atoms with Gasteiger partial charge in [-0.25, -0.2) is 13.2 Å². The van der Waals surface area contributed by atoms with E-state index in [1.807, 2.05) is 0 Å². The molecule has 11 heavy (non-hydrogen) atoms. The smallest absolute Gasteiger partial charge is 0.381 e. The van der Waals surface area contributed by atoms with Crippen molar-refractivity contribution >= 4 is 15.8 Å². The second-order valence-corrected chi connectivity index (χ2v) is 4.41. The van der Waals surface area contributed by atoms with Gasteiger partial charge in [-0.2, -0.15) is 0 Å². The number of hydrogen-bond donors (Lipinski definition) is 1. The molecule has 0 bridgehead atoms. The summed E-state index contributed by atoms with van der Waals surface area (Å²) >= 11 is 0. The molecule has 0 radical (unpaired) electrons. The standard InChI is InChI=1S/C6H8O4S/c1-5(11(2,9)10)3-4-6(7)8/h5H,1-2H3,(H,7,8). The van der Waals surface area contributed by atoms with Crippen molar-refractivity contribution in [2.45, 2.75) is 12.2 Å². The monoisotopic (exact) mass is 176 g/mol. The zero-order valence-electron chi connectivity index (χ0n) is 6.16. The molecule has 1 unspecified atom stereocenters. The van der Waals surface area contributed by atoms with Crippen molar-refractivity contribution in [3.05, 3.63) is 0 Å². The first kappa shape index (κ1) is 9.98. The molecule has 0 saturated carbocycles. The highest BCUT2D eigenvalue weighted by molar-refractivity contribution is 7.91. The molecule has 0 rings (SSSR count). The lowest BCUT2D eigenvalue weighted by atomic mass is 10.4. The summed E-state index contributed by atoms with van der Waals surface area (Å²) in [4.78, 5) is 9.86. The average molecular weight is 176 g/mol. The summed E-state index contributed by atoms with van der Waals surface area (Å²) < 4.78 is 21.3. The predicted molar refractivity (Wildman–Crippen MR) is 39.7 cm³/mol. The van der Waals surface area contributed by atoms with Crippen LogP contribution in [0.4, 0.5) is 0 Å². The summed E-state index contributed by atoms with van der Waals surface area (Å²) in [6, 6.07) is 0. The lowest BCUT2D eigenvalue weighted by molar-refractivity contribution is -0.130. The minimum Gasteiger partial charge on any atom is -0.472 e. The number of sulfone groups is 1. The van der Waals surface area contributed by atoms with Crippen molar-refractivity contribution in [2.75, 3.05) is 6.26 Å². The van der Waals surface area contributed by atoms with Gasteiger partial charge in [-0.1, -0.05) is 5.92 Å². The molecule has 5 heteroatoms. The van der Waals surface area contributed by atoms with Gasteiger partial charge in [-0.3, -0.25) is 0 Å². The maximum atomic E-state index is 10.6. The van der Waals surface area contributed by atoms with Gasteiger partial charge in [0.15, 0.2) is 9.84 Å². The Kier molecular flexibility index (Phi) is 3.08. The quantitative estimate of drug-likeness (QED) is 0.547. The number of aliphatic carboxylic acids is 1. The summed E-state index contributed by atoms with van der Waals surface area (Å²) in [6.07, 6.45) is 1.01. The molecule has 62 valence electrons. The third kappa shape index (κ3) is 4.39. The molecule has 0 fully saturated rings. The highest BCUT2D eigenvalue weighted by atomic mass is 32.2. The van der Waals surface area contributed by atoms with Gasteiger partial charge in [0.25, 0.3) is 0 Å². The lowest BCUT2D eigenvalue weighted by Gasteiger charge is -1.96. The summed E-state index contributed by atoms with van der Waals surface area (Å²) in [5.41, 5.74) is 0. The Balaban J connectivity index is 4.48. The van der Waals surface area contributed by atoms with Crippen LogP contribution in [-0.4, -0.2) is 31.0 Å². The van der Waals surface area contributed by atoms with Crippen molar-refractivity contribution in [1.82, 2.24) is 0 Å². The van der Waals surface area contributed by atoms with E-state index in [-0.39, 0.29) is 0 Å². The summed E-state index contributed by atoms with van der Waals surface area (Å²) in [5, 5.41) is 7.14. The van der Waals surface area contributed by atoms with Gasteiger partial charge >= 0.3 is 5.97 Å². The molecule has 1 atom stereocenters. The summed E-state index contributed by atoms with van der Waals surface area (Å²) in [6.45, 7) is 1.34. The van der Waals surface area contributed by atoms with E-state index in [9.17, 15) is 13.2 Å². The normalized spacial score (nSPS) is 12.9. The molecular formula is C6H8O4S. The molecule has 0 aromatic carbocycles. The fourth-order valence-corrected chi connectivity index (χ4v) is 0.543. The third-order valence-corrected chi connectivity index (χ3v) is 2.43. The first-order valence-electron chi connectivity index (χ1n) is 2.77. The van der Waals surface area contributed by atoms with E-state index < -0.39 is 21.1 Å². The number of carboxylic acid groups (broad SMARTS) is 1.